The summed E-state index contributed by atoms with van der Waals surface area (Å²) in [5.41, 5.74) is 1.65. The fraction of sp³-hybridized carbons (Fsp3) is 0.133. The maximum Gasteiger partial charge on any atom is 0.491 e. The maximum absolute atomic E-state index is 13.6. The molecule has 0 aliphatic carbocycles. The number of fused-ring (bicyclic) bond motifs is 1. The van der Waals surface area contributed by atoms with Crippen LogP contribution >= 0.6 is 0 Å². The summed E-state index contributed by atoms with van der Waals surface area (Å²) >= 11 is 0. The Morgan fingerprint density at radius 3 is 2.82 bits per heavy atom. The van der Waals surface area contributed by atoms with Crippen molar-refractivity contribution in [3.63, 3.8) is 0 Å². The molecule has 7 heteroatoms. The molecule has 0 bridgehead atoms. The van der Waals surface area contributed by atoms with Crippen molar-refractivity contribution in [3.05, 3.63) is 59.2 Å². The molecule has 2 aromatic rings. The highest BCUT2D eigenvalue weighted by Gasteiger charge is 2.25. The van der Waals surface area contributed by atoms with Crippen LogP contribution in [0.4, 0.5) is 14.5 Å². The van der Waals surface area contributed by atoms with Gasteiger partial charge in [0.25, 0.3) is 5.91 Å². The Morgan fingerprint density at radius 2 is 2.05 bits per heavy atom. The summed E-state index contributed by atoms with van der Waals surface area (Å²) in [5, 5.41) is 12.3. The normalized spacial score (nSPS) is 13.7. The van der Waals surface area contributed by atoms with E-state index >= 15 is 0 Å². The van der Waals surface area contributed by atoms with Crippen LogP contribution in [-0.2, 0) is 11.1 Å². The summed E-state index contributed by atoms with van der Waals surface area (Å²) in [6.45, 7) is 0.431. The van der Waals surface area contributed by atoms with E-state index in [9.17, 15) is 18.6 Å². The second-order valence-corrected chi connectivity index (χ2v) is 4.97. The van der Waals surface area contributed by atoms with Crippen molar-refractivity contribution in [2.24, 2.45) is 0 Å². The molecule has 3 rings (SSSR count). The zero-order valence-corrected chi connectivity index (χ0v) is 11.5. The van der Waals surface area contributed by atoms with E-state index in [1.54, 1.807) is 18.2 Å². The van der Waals surface area contributed by atoms with E-state index in [1.165, 1.54) is 0 Å². The van der Waals surface area contributed by atoms with Crippen LogP contribution in [0, 0.1) is 11.6 Å². The minimum Gasteiger partial charge on any atom is -0.423 e. The van der Waals surface area contributed by atoms with Gasteiger partial charge in [0.15, 0.2) is 0 Å². The number of halogens is 2. The molecule has 1 aliphatic rings. The summed E-state index contributed by atoms with van der Waals surface area (Å²) in [6, 6.07) is 7.77. The molecule has 2 aromatic carbocycles. The third-order valence-electron chi connectivity index (χ3n) is 3.49. The molecule has 1 heterocycles. The molecule has 0 aromatic heterocycles. The molecule has 0 spiro atoms. The summed E-state index contributed by atoms with van der Waals surface area (Å²) in [7, 11) is -1.04. The van der Waals surface area contributed by atoms with E-state index in [-0.39, 0.29) is 5.56 Å². The molecule has 112 valence electrons. The van der Waals surface area contributed by atoms with Gasteiger partial charge in [-0.3, -0.25) is 4.79 Å². The van der Waals surface area contributed by atoms with Crippen LogP contribution < -0.4 is 10.8 Å². The molecular formula is C15H12BF2NO3. The van der Waals surface area contributed by atoms with E-state index in [2.05, 4.69) is 5.32 Å². The SMILES string of the molecule is O=C(Nc1ccc2c(c1)B(O)OCC2)c1ccc(F)cc1F. The Bertz CT molecular complexity index is 739. The summed E-state index contributed by atoms with van der Waals surface area (Å²) < 4.78 is 31.6. The van der Waals surface area contributed by atoms with Gasteiger partial charge in [-0.2, -0.15) is 0 Å². The molecule has 2 N–H and O–H groups in total. The number of hydrogen-bond donors (Lipinski definition) is 2. The number of carbonyl (C=O) groups is 1. The van der Waals surface area contributed by atoms with E-state index in [0.29, 0.717) is 30.2 Å². The van der Waals surface area contributed by atoms with Crippen LogP contribution in [0.25, 0.3) is 0 Å². The molecule has 1 amide bonds. The highest BCUT2D eigenvalue weighted by molar-refractivity contribution is 6.61. The summed E-state index contributed by atoms with van der Waals surface area (Å²) in [4.78, 5) is 12.0. The van der Waals surface area contributed by atoms with Gasteiger partial charge in [-0.05, 0) is 41.7 Å². The van der Waals surface area contributed by atoms with Crippen molar-refractivity contribution in [2.75, 3.05) is 11.9 Å². The number of rotatable bonds is 2. The maximum atomic E-state index is 13.6. The number of amides is 1. The first kappa shape index (κ1) is 14.7. The first-order valence-corrected chi connectivity index (χ1v) is 6.73. The Morgan fingerprint density at radius 1 is 1.23 bits per heavy atom. The lowest BCUT2D eigenvalue weighted by atomic mass is 9.73. The Labute approximate surface area is 125 Å². The number of nitrogens with one attached hydrogen (secondary N) is 1. The third kappa shape index (κ3) is 2.86. The van der Waals surface area contributed by atoms with Crippen LogP contribution in [0.2, 0.25) is 0 Å². The minimum atomic E-state index is -1.04. The molecule has 0 atom stereocenters. The molecule has 22 heavy (non-hydrogen) atoms. The van der Waals surface area contributed by atoms with Crippen LogP contribution in [0.15, 0.2) is 36.4 Å². The van der Waals surface area contributed by atoms with Crippen LogP contribution in [-0.4, -0.2) is 24.7 Å². The zero-order chi connectivity index (χ0) is 15.7. The largest absolute Gasteiger partial charge is 0.491 e. The third-order valence-corrected chi connectivity index (χ3v) is 3.49. The van der Waals surface area contributed by atoms with Crippen LogP contribution in [0.3, 0.4) is 0 Å². The zero-order valence-electron chi connectivity index (χ0n) is 11.5. The minimum absolute atomic E-state index is 0.254. The molecular weight excluding hydrogens is 291 g/mol. The molecule has 0 saturated heterocycles. The number of hydrogen-bond acceptors (Lipinski definition) is 3. The fourth-order valence-corrected chi connectivity index (χ4v) is 2.37. The topological polar surface area (TPSA) is 58.6 Å². The van der Waals surface area contributed by atoms with Gasteiger partial charge in [0.05, 0.1) is 5.56 Å². The first-order chi connectivity index (χ1) is 10.5. The quantitative estimate of drug-likeness (QED) is 0.826. The van der Waals surface area contributed by atoms with Gasteiger partial charge in [-0.15, -0.1) is 0 Å². The lowest BCUT2D eigenvalue weighted by molar-refractivity contribution is 0.102. The molecule has 0 unspecified atom stereocenters. The average Bonchev–Trinajstić information content (AvgIpc) is 2.48. The van der Waals surface area contributed by atoms with Gasteiger partial charge >= 0.3 is 7.12 Å². The number of anilines is 1. The van der Waals surface area contributed by atoms with Gasteiger partial charge in [0, 0.05) is 18.4 Å². The van der Waals surface area contributed by atoms with Gasteiger partial charge in [-0.1, -0.05) is 6.07 Å². The second kappa shape index (κ2) is 5.86. The number of benzene rings is 2. The average molecular weight is 303 g/mol. The Balaban J connectivity index is 1.84. The lowest BCUT2D eigenvalue weighted by Gasteiger charge is -2.19. The van der Waals surface area contributed by atoms with Crippen molar-refractivity contribution in [3.8, 4) is 0 Å². The van der Waals surface area contributed by atoms with Crippen molar-refractivity contribution >= 4 is 24.2 Å². The van der Waals surface area contributed by atoms with Crippen molar-refractivity contribution < 1.29 is 23.3 Å². The first-order valence-electron chi connectivity index (χ1n) is 6.73. The van der Waals surface area contributed by atoms with Crippen molar-refractivity contribution in [1.29, 1.82) is 0 Å². The number of carbonyl (C=O) groups excluding carboxylic acids is 1. The van der Waals surface area contributed by atoms with Crippen LogP contribution in [0.1, 0.15) is 15.9 Å². The van der Waals surface area contributed by atoms with E-state index < -0.39 is 24.7 Å². The Kier molecular flexibility index (Phi) is 3.91. The van der Waals surface area contributed by atoms with Crippen LogP contribution in [0.5, 0.6) is 0 Å². The van der Waals surface area contributed by atoms with E-state index in [4.69, 9.17) is 4.65 Å². The van der Waals surface area contributed by atoms with Gasteiger partial charge in [-0.25, -0.2) is 8.78 Å². The smallest absolute Gasteiger partial charge is 0.423 e. The van der Waals surface area contributed by atoms with Gasteiger partial charge < -0.3 is 15.0 Å². The van der Waals surface area contributed by atoms with Crippen molar-refractivity contribution in [2.45, 2.75) is 6.42 Å². The molecule has 4 nitrogen and oxygen atoms in total. The summed E-state index contributed by atoms with van der Waals surface area (Å²) in [6.07, 6.45) is 0.674. The highest BCUT2D eigenvalue weighted by Crippen LogP contribution is 2.15. The highest BCUT2D eigenvalue weighted by atomic mass is 19.1. The molecule has 0 radical (unpaired) electrons. The monoisotopic (exact) mass is 303 g/mol. The van der Waals surface area contributed by atoms with Gasteiger partial charge in [0.1, 0.15) is 11.6 Å². The van der Waals surface area contributed by atoms with Crippen molar-refractivity contribution in [1.82, 2.24) is 0 Å². The summed E-state index contributed by atoms with van der Waals surface area (Å²) in [5.74, 6) is -2.37. The predicted molar refractivity (Wildman–Crippen MR) is 78.0 cm³/mol. The predicted octanol–water partition coefficient (Wildman–Crippen LogP) is 1.48. The lowest BCUT2D eigenvalue weighted by Crippen LogP contribution is -2.41. The second-order valence-electron chi connectivity index (χ2n) is 4.97. The van der Waals surface area contributed by atoms with E-state index in [0.717, 1.165) is 17.7 Å². The van der Waals surface area contributed by atoms with Gasteiger partial charge in [0.2, 0.25) is 0 Å². The molecule has 0 fully saturated rings. The van der Waals surface area contributed by atoms with E-state index in [1.807, 2.05) is 0 Å². The Hall–Kier alpha value is -2.25. The standard InChI is InChI=1S/C15H12BF2NO3/c17-10-2-4-12(14(18)7-10)15(20)19-11-3-1-9-5-6-22-16(21)13(9)8-11/h1-4,7-8,21H,5-6H2,(H,19,20). The molecule has 1 aliphatic heterocycles. The molecule has 0 saturated carbocycles. The fourth-order valence-electron chi connectivity index (χ4n) is 2.37.